The number of halogens is 1. The maximum Gasteiger partial charge on any atom is 0.335 e. The summed E-state index contributed by atoms with van der Waals surface area (Å²) in [5.41, 5.74) is 0.251. The second-order valence-corrected chi connectivity index (χ2v) is 5.82. The van der Waals surface area contributed by atoms with Crippen molar-refractivity contribution in [2.75, 3.05) is 6.61 Å². The van der Waals surface area contributed by atoms with Gasteiger partial charge in [-0.2, -0.15) is 0 Å². The number of rotatable bonds is 5. The summed E-state index contributed by atoms with van der Waals surface area (Å²) in [5, 5.41) is 11.0. The topological polar surface area (TPSA) is 46.5 Å². The predicted octanol–water partition coefficient (Wildman–Crippen LogP) is 3.67. The van der Waals surface area contributed by atoms with E-state index in [1.807, 2.05) is 11.4 Å². The quantitative estimate of drug-likeness (QED) is 0.813. The average Bonchev–Trinajstić information content (AvgIpc) is 2.84. The fourth-order valence-corrected chi connectivity index (χ4v) is 2.64. The normalized spacial score (nSPS) is 10.3. The van der Waals surface area contributed by atoms with Crippen molar-refractivity contribution >= 4 is 39.9 Å². The van der Waals surface area contributed by atoms with Crippen molar-refractivity contribution in [2.24, 2.45) is 0 Å². The molecule has 1 aromatic carbocycles. The van der Waals surface area contributed by atoms with Crippen LogP contribution in [0.2, 0.25) is 0 Å². The second kappa shape index (κ2) is 6.19. The van der Waals surface area contributed by atoms with E-state index in [1.165, 1.54) is 4.88 Å². The van der Waals surface area contributed by atoms with E-state index in [4.69, 9.17) is 9.84 Å². The molecule has 2 aromatic rings. The molecule has 2 rings (SSSR count). The molecular formula is C13H11IO3S. The minimum Gasteiger partial charge on any atom is -0.492 e. The Morgan fingerprint density at radius 1 is 1.39 bits per heavy atom. The molecule has 1 heterocycles. The third kappa shape index (κ3) is 3.46. The average molecular weight is 374 g/mol. The van der Waals surface area contributed by atoms with Gasteiger partial charge in [0.15, 0.2) is 0 Å². The molecule has 0 aliphatic heterocycles. The summed E-state index contributed by atoms with van der Waals surface area (Å²) in [4.78, 5) is 12.1. The first-order valence-corrected chi connectivity index (χ1v) is 7.30. The van der Waals surface area contributed by atoms with Crippen LogP contribution in [0.3, 0.4) is 0 Å². The number of thiophene rings is 1. The molecule has 5 heteroatoms. The van der Waals surface area contributed by atoms with Gasteiger partial charge >= 0.3 is 5.97 Å². The highest BCUT2D eigenvalue weighted by Crippen LogP contribution is 2.23. The standard InChI is InChI=1S/C13H11IO3S/c14-11-4-3-9(13(15)16)8-12(11)17-6-5-10-2-1-7-18-10/h1-4,7-8H,5-6H2,(H,15,16). The minimum absolute atomic E-state index is 0.251. The summed E-state index contributed by atoms with van der Waals surface area (Å²) >= 11 is 3.83. The molecule has 1 N–H and O–H groups in total. The summed E-state index contributed by atoms with van der Waals surface area (Å²) < 4.78 is 6.56. The maximum atomic E-state index is 10.9. The number of carbonyl (C=O) groups is 1. The number of benzene rings is 1. The van der Waals surface area contributed by atoms with Gasteiger partial charge in [0.1, 0.15) is 5.75 Å². The molecule has 0 fully saturated rings. The molecule has 0 unspecified atom stereocenters. The third-order valence-electron chi connectivity index (χ3n) is 2.36. The van der Waals surface area contributed by atoms with Gasteiger partial charge in [-0.3, -0.25) is 0 Å². The van der Waals surface area contributed by atoms with Crippen molar-refractivity contribution in [1.29, 1.82) is 0 Å². The van der Waals surface area contributed by atoms with Gasteiger partial charge in [-0.25, -0.2) is 4.79 Å². The van der Waals surface area contributed by atoms with Crippen molar-refractivity contribution in [3.05, 3.63) is 49.7 Å². The fourth-order valence-electron chi connectivity index (χ4n) is 1.46. The minimum atomic E-state index is -0.936. The zero-order valence-corrected chi connectivity index (χ0v) is 12.4. The Balaban J connectivity index is 2.00. The van der Waals surface area contributed by atoms with Crippen molar-refractivity contribution in [1.82, 2.24) is 0 Å². The van der Waals surface area contributed by atoms with E-state index in [9.17, 15) is 4.79 Å². The zero-order chi connectivity index (χ0) is 13.0. The van der Waals surface area contributed by atoms with Gasteiger partial charge in [0.2, 0.25) is 0 Å². The van der Waals surface area contributed by atoms with Crippen LogP contribution in [0.5, 0.6) is 5.75 Å². The van der Waals surface area contributed by atoms with E-state index >= 15 is 0 Å². The number of hydrogen-bond donors (Lipinski definition) is 1. The molecule has 0 saturated heterocycles. The Labute approximate surface area is 123 Å². The highest BCUT2D eigenvalue weighted by atomic mass is 127. The lowest BCUT2D eigenvalue weighted by Crippen LogP contribution is -2.03. The molecule has 0 amide bonds. The van der Waals surface area contributed by atoms with E-state index < -0.39 is 5.97 Å². The van der Waals surface area contributed by atoms with E-state index in [0.717, 1.165) is 9.99 Å². The lowest BCUT2D eigenvalue weighted by molar-refractivity contribution is 0.0696. The van der Waals surface area contributed by atoms with E-state index in [2.05, 4.69) is 28.7 Å². The predicted molar refractivity (Wildman–Crippen MR) is 79.6 cm³/mol. The zero-order valence-electron chi connectivity index (χ0n) is 9.43. The monoisotopic (exact) mass is 374 g/mol. The number of carboxylic acids is 1. The molecule has 3 nitrogen and oxygen atoms in total. The van der Waals surface area contributed by atoms with Gasteiger partial charge in [0, 0.05) is 11.3 Å². The Hall–Kier alpha value is -1.08. The van der Waals surface area contributed by atoms with Crippen molar-refractivity contribution < 1.29 is 14.6 Å². The van der Waals surface area contributed by atoms with Gasteiger partial charge in [0.05, 0.1) is 15.7 Å². The summed E-state index contributed by atoms with van der Waals surface area (Å²) in [6, 6.07) is 8.97. The lowest BCUT2D eigenvalue weighted by atomic mass is 10.2. The molecule has 18 heavy (non-hydrogen) atoms. The molecular weight excluding hydrogens is 363 g/mol. The number of ether oxygens (including phenoxy) is 1. The number of hydrogen-bond acceptors (Lipinski definition) is 3. The second-order valence-electron chi connectivity index (χ2n) is 3.63. The van der Waals surface area contributed by atoms with Gasteiger partial charge in [-0.1, -0.05) is 6.07 Å². The third-order valence-corrected chi connectivity index (χ3v) is 4.19. The molecule has 0 saturated carbocycles. The lowest BCUT2D eigenvalue weighted by Gasteiger charge is -2.08. The highest BCUT2D eigenvalue weighted by molar-refractivity contribution is 14.1. The largest absolute Gasteiger partial charge is 0.492 e. The summed E-state index contributed by atoms with van der Waals surface area (Å²) in [5.74, 6) is -0.304. The smallest absolute Gasteiger partial charge is 0.335 e. The first-order chi connectivity index (χ1) is 8.66. The molecule has 0 spiro atoms. The van der Waals surface area contributed by atoms with Crippen LogP contribution in [0.25, 0.3) is 0 Å². The molecule has 0 atom stereocenters. The van der Waals surface area contributed by atoms with Gasteiger partial charge in [-0.15, -0.1) is 11.3 Å². The van der Waals surface area contributed by atoms with E-state index in [0.29, 0.717) is 12.4 Å². The van der Waals surface area contributed by atoms with Crippen LogP contribution in [0.4, 0.5) is 0 Å². The van der Waals surface area contributed by atoms with Gasteiger partial charge in [-0.05, 0) is 52.2 Å². The van der Waals surface area contributed by atoms with Crippen LogP contribution in [0.1, 0.15) is 15.2 Å². The number of carboxylic acid groups (broad SMARTS) is 1. The first kappa shape index (κ1) is 13.4. The molecule has 0 bridgehead atoms. The molecule has 1 aromatic heterocycles. The SMILES string of the molecule is O=C(O)c1ccc(I)c(OCCc2cccs2)c1. The van der Waals surface area contributed by atoms with Gasteiger partial charge < -0.3 is 9.84 Å². The van der Waals surface area contributed by atoms with Crippen molar-refractivity contribution in [2.45, 2.75) is 6.42 Å². The fraction of sp³-hybridized carbons (Fsp3) is 0.154. The molecule has 0 aliphatic carbocycles. The van der Waals surface area contributed by atoms with E-state index in [-0.39, 0.29) is 5.56 Å². The summed E-state index contributed by atoms with van der Waals surface area (Å²) in [6.45, 7) is 0.555. The molecule has 94 valence electrons. The first-order valence-electron chi connectivity index (χ1n) is 5.35. The van der Waals surface area contributed by atoms with Crippen molar-refractivity contribution in [3.63, 3.8) is 0 Å². The summed E-state index contributed by atoms with van der Waals surface area (Å²) in [6.07, 6.45) is 0.838. The Bertz CT molecular complexity index is 537. The van der Waals surface area contributed by atoms with Crippen LogP contribution in [0, 0.1) is 3.57 Å². The van der Waals surface area contributed by atoms with Crippen LogP contribution in [0.15, 0.2) is 35.7 Å². The molecule has 0 aliphatic rings. The Morgan fingerprint density at radius 3 is 2.89 bits per heavy atom. The Kier molecular flexibility index (Phi) is 4.60. The highest BCUT2D eigenvalue weighted by Gasteiger charge is 2.08. The van der Waals surface area contributed by atoms with Crippen molar-refractivity contribution in [3.8, 4) is 5.75 Å². The van der Waals surface area contributed by atoms with E-state index in [1.54, 1.807) is 29.5 Å². The van der Waals surface area contributed by atoms with Crippen LogP contribution in [-0.2, 0) is 6.42 Å². The number of aromatic carboxylic acids is 1. The molecule has 0 radical (unpaired) electrons. The Morgan fingerprint density at radius 2 is 2.22 bits per heavy atom. The maximum absolute atomic E-state index is 10.9. The van der Waals surface area contributed by atoms with Crippen LogP contribution >= 0.6 is 33.9 Å². The van der Waals surface area contributed by atoms with Crippen LogP contribution in [-0.4, -0.2) is 17.7 Å². The summed E-state index contributed by atoms with van der Waals surface area (Å²) in [7, 11) is 0. The van der Waals surface area contributed by atoms with Crippen LogP contribution < -0.4 is 4.74 Å². The van der Waals surface area contributed by atoms with Gasteiger partial charge in [0.25, 0.3) is 0 Å².